The summed E-state index contributed by atoms with van der Waals surface area (Å²) >= 11 is 1.90. The fraction of sp³-hybridized carbons (Fsp3) is 0.263. The molecule has 1 aliphatic carbocycles. The summed E-state index contributed by atoms with van der Waals surface area (Å²) in [6, 6.07) is 34.3. The van der Waals surface area contributed by atoms with Crippen LogP contribution in [0.2, 0.25) is 19.6 Å². The van der Waals surface area contributed by atoms with E-state index < -0.39 is 8.07 Å². The quantitative estimate of drug-likeness (QED) is 0.132. The molecule has 5 heteroatoms. The first-order chi connectivity index (χ1) is 20.4. The summed E-state index contributed by atoms with van der Waals surface area (Å²) < 4.78 is 2.71. The van der Waals surface area contributed by atoms with Crippen LogP contribution < -0.4 is 5.19 Å². The topological polar surface area (TPSA) is 25.8 Å². The Balaban J connectivity index is 0.000000221. The molecule has 0 atom stereocenters. The zero-order valence-corrected chi connectivity index (χ0v) is 29.6. The van der Waals surface area contributed by atoms with E-state index in [1.165, 1.54) is 63.4 Å². The number of benzene rings is 3. The van der Waals surface area contributed by atoms with Crippen molar-refractivity contribution in [1.29, 1.82) is 0 Å². The molecule has 2 nitrogen and oxygen atoms in total. The van der Waals surface area contributed by atoms with Gasteiger partial charge in [0.15, 0.2) is 0 Å². The molecule has 0 unspecified atom stereocenters. The third-order valence-electron chi connectivity index (χ3n) is 8.28. The summed E-state index contributed by atoms with van der Waals surface area (Å²) in [4.78, 5) is 9.22. The van der Waals surface area contributed by atoms with E-state index in [9.17, 15) is 0 Å². The molecule has 7 rings (SSSR count). The Morgan fingerprint density at radius 3 is 2.23 bits per heavy atom. The van der Waals surface area contributed by atoms with Gasteiger partial charge in [-0.25, -0.2) is 0 Å². The van der Waals surface area contributed by atoms with Crippen molar-refractivity contribution in [3.05, 3.63) is 115 Å². The Bertz CT molecular complexity index is 1780. The molecule has 1 radical (unpaired) electrons. The van der Waals surface area contributed by atoms with E-state index in [1.54, 1.807) is 5.19 Å². The van der Waals surface area contributed by atoms with Crippen molar-refractivity contribution in [3.8, 4) is 22.5 Å². The fourth-order valence-corrected chi connectivity index (χ4v) is 8.96. The minimum atomic E-state index is -1.42. The maximum atomic E-state index is 4.90. The molecule has 1 fully saturated rings. The van der Waals surface area contributed by atoms with E-state index in [0.717, 1.165) is 22.5 Å². The van der Waals surface area contributed by atoms with Crippen LogP contribution in [0.1, 0.15) is 49.1 Å². The van der Waals surface area contributed by atoms with E-state index in [-0.39, 0.29) is 20.1 Å². The molecule has 0 aliphatic heterocycles. The minimum absolute atomic E-state index is 0. The van der Waals surface area contributed by atoms with Crippen LogP contribution >= 0.6 is 11.3 Å². The van der Waals surface area contributed by atoms with Gasteiger partial charge < -0.3 is 9.97 Å². The normalized spacial score (nSPS) is 13.8. The van der Waals surface area contributed by atoms with Crippen LogP contribution in [-0.2, 0) is 20.1 Å². The maximum Gasteiger partial charge on any atom is 0.0783 e. The number of rotatable bonds is 4. The van der Waals surface area contributed by atoms with E-state index >= 15 is 0 Å². The van der Waals surface area contributed by atoms with Crippen LogP contribution in [0.4, 0.5) is 0 Å². The van der Waals surface area contributed by atoms with Crippen molar-refractivity contribution in [1.82, 2.24) is 9.97 Å². The molecule has 0 N–H and O–H groups in total. The van der Waals surface area contributed by atoms with Crippen molar-refractivity contribution < 1.29 is 20.1 Å². The first kappa shape index (κ1) is 31.5. The van der Waals surface area contributed by atoms with Crippen molar-refractivity contribution in [2.45, 2.75) is 64.6 Å². The van der Waals surface area contributed by atoms with Gasteiger partial charge >= 0.3 is 0 Å². The number of nitrogens with zero attached hydrogens (tertiary/aromatic N) is 2. The van der Waals surface area contributed by atoms with Crippen molar-refractivity contribution in [3.63, 3.8) is 0 Å². The first-order valence-corrected chi connectivity index (χ1v) is 19.4. The average molecular weight is 775 g/mol. The second-order valence-electron chi connectivity index (χ2n) is 12.4. The maximum absolute atomic E-state index is 4.90. The summed E-state index contributed by atoms with van der Waals surface area (Å²) in [5, 5.41) is 4.38. The van der Waals surface area contributed by atoms with Gasteiger partial charge in [-0.05, 0) is 64.4 Å². The number of hydrogen-bond donors (Lipinski definition) is 0. The number of thiophene rings is 1. The van der Waals surface area contributed by atoms with Gasteiger partial charge in [0.05, 0.1) is 8.07 Å². The predicted octanol–water partition coefficient (Wildman–Crippen LogP) is 10.4. The minimum Gasteiger partial charge on any atom is -0.304 e. The summed E-state index contributed by atoms with van der Waals surface area (Å²) in [7, 11) is -1.42. The second-order valence-corrected chi connectivity index (χ2v) is 18.5. The largest absolute Gasteiger partial charge is 0.304 e. The Morgan fingerprint density at radius 2 is 1.56 bits per heavy atom. The Morgan fingerprint density at radius 1 is 0.767 bits per heavy atom. The van der Waals surface area contributed by atoms with Crippen LogP contribution in [0.25, 0.3) is 42.7 Å². The molecular weight excluding hydrogens is 737 g/mol. The Labute approximate surface area is 275 Å². The molecular formula is C38H38IrN2SSi-2. The van der Waals surface area contributed by atoms with Gasteiger partial charge in [0.2, 0.25) is 0 Å². The molecule has 1 aliphatic rings. The molecule has 6 aromatic rings. The molecule has 43 heavy (non-hydrogen) atoms. The summed E-state index contributed by atoms with van der Waals surface area (Å²) in [5.41, 5.74) is 6.82. The van der Waals surface area contributed by atoms with Crippen LogP contribution in [-0.4, -0.2) is 18.0 Å². The van der Waals surface area contributed by atoms with Gasteiger partial charge in [-0.2, -0.15) is 11.3 Å². The predicted molar refractivity (Wildman–Crippen MR) is 183 cm³/mol. The Kier molecular flexibility index (Phi) is 10.1. The molecule has 3 heterocycles. The molecule has 0 bridgehead atoms. The third kappa shape index (κ3) is 7.07. The van der Waals surface area contributed by atoms with E-state index in [1.807, 2.05) is 54.8 Å². The molecule has 3 aromatic carbocycles. The number of aryl methyl sites for hydroxylation is 1. The van der Waals surface area contributed by atoms with Crippen molar-refractivity contribution >= 4 is 44.8 Å². The smallest absolute Gasteiger partial charge is 0.0783 e. The van der Waals surface area contributed by atoms with Gasteiger partial charge in [-0.15, -0.1) is 59.7 Å². The van der Waals surface area contributed by atoms with Gasteiger partial charge in [-0.1, -0.05) is 85.9 Å². The summed E-state index contributed by atoms with van der Waals surface area (Å²) in [6.07, 6.45) is 10.7. The monoisotopic (exact) mass is 775 g/mol. The zero-order chi connectivity index (χ0) is 29.1. The van der Waals surface area contributed by atoms with Crippen LogP contribution in [0, 0.1) is 19.1 Å². The van der Waals surface area contributed by atoms with Gasteiger partial charge in [0.1, 0.15) is 0 Å². The molecule has 3 aromatic heterocycles. The molecule has 0 amide bonds. The van der Waals surface area contributed by atoms with Crippen LogP contribution in [0.15, 0.2) is 91.3 Å². The van der Waals surface area contributed by atoms with Crippen LogP contribution in [0.3, 0.4) is 0 Å². The Hall–Kier alpha value is -2.95. The number of pyridine rings is 2. The fourth-order valence-electron chi connectivity index (χ4n) is 6.02. The summed E-state index contributed by atoms with van der Waals surface area (Å²) in [5.74, 6) is 0.703. The van der Waals surface area contributed by atoms with Gasteiger partial charge in [0, 0.05) is 37.2 Å². The number of fused-ring (bicyclic) bond motifs is 3. The van der Waals surface area contributed by atoms with Crippen molar-refractivity contribution in [2.75, 3.05) is 0 Å². The number of hydrogen-bond acceptors (Lipinski definition) is 3. The van der Waals surface area contributed by atoms with Gasteiger partial charge in [-0.3, -0.25) is 0 Å². The second kappa shape index (κ2) is 13.8. The zero-order valence-electron chi connectivity index (χ0n) is 25.4. The van der Waals surface area contributed by atoms with E-state index in [0.29, 0.717) is 5.92 Å². The molecule has 221 valence electrons. The SMILES string of the molecule is C[Si](C)(C)c1cccc2sc3c(-c4ccc(C5CCCCC5)cn4)[c-]ccc3c12.Cc1ccc(-c2[c-]cccc2)nc1.[Ir]. The van der Waals surface area contributed by atoms with E-state index in [2.05, 4.69) is 91.5 Å². The van der Waals surface area contributed by atoms with Crippen LogP contribution in [0.5, 0.6) is 0 Å². The third-order valence-corrected chi connectivity index (χ3v) is 11.5. The average Bonchev–Trinajstić information content (AvgIpc) is 3.41. The van der Waals surface area contributed by atoms with E-state index in [4.69, 9.17) is 4.98 Å². The molecule has 0 saturated heterocycles. The first-order valence-electron chi connectivity index (χ1n) is 15.1. The molecule has 0 spiro atoms. The number of aromatic nitrogens is 2. The van der Waals surface area contributed by atoms with Gasteiger partial charge in [0.25, 0.3) is 0 Å². The van der Waals surface area contributed by atoms with Crippen molar-refractivity contribution in [2.24, 2.45) is 0 Å². The summed E-state index contributed by atoms with van der Waals surface area (Å²) in [6.45, 7) is 9.35. The molecule has 1 saturated carbocycles. The standard InChI is InChI=1S/C26H28NSSi.C12H10N.Ir/c1-29(2,3)24-14-8-13-23-25(24)21-12-7-11-20(26(21)28-23)22-16-15-19(17-27-22)18-9-5-4-6-10-18;1-10-7-8-12(13-9-10)11-5-3-2-4-6-11;/h7-8,12-18H,4-6,9-10H2,1-3H3;2-5,7-9H,1H3;/q2*-1;.